The molecule has 0 unspecified atom stereocenters. The zero-order valence-corrected chi connectivity index (χ0v) is 11.6. The minimum atomic E-state index is -1.26. The van der Waals surface area contributed by atoms with Gasteiger partial charge in [-0.05, 0) is 20.8 Å². The van der Waals surface area contributed by atoms with Gasteiger partial charge >= 0.3 is 12.1 Å². The summed E-state index contributed by atoms with van der Waals surface area (Å²) in [7, 11) is 0. The smallest absolute Gasteiger partial charge is 0.408 e. The average molecular weight is 282 g/mol. The number of carboxylic acids is 1. The number of carboxylic acid groups (broad SMARTS) is 1. The first-order valence-electron chi connectivity index (χ1n) is 5.57. The molecular formula is C11H20ClNO5. The second-order valence-electron chi connectivity index (χ2n) is 5.13. The monoisotopic (exact) mass is 281 g/mol. The molecule has 0 spiro atoms. The number of rotatable bonds is 2. The Kier molecular flexibility index (Phi) is 5.89. The van der Waals surface area contributed by atoms with Gasteiger partial charge in [-0.25, -0.2) is 9.59 Å². The molecule has 106 valence electrons. The number of aliphatic carboxylic acids is 1. The number of alkyl carbamates (subject to hydrolysis) is 1. The van der Waals surface area contributed by atoms with E-state index in [0.29, 0.717) is 13.2 Å². The molecule has 0 aromatic rings. The number of carbonyl (C=O) groups excluding carboxylic acids is 1. The largest absolute Gasteiger partial charge is 0.480 e. The molecule has 1 heterocycles. The van der Waals surface area contributed by atoms with E-state index in [0.717, 1.165) is 0 Å². The lowest BCUT2D eigenvalue weighted by Crippen LogP contribution is -2.58. The minimum absolute atomic E-state index is 0. The molecule has 0 aromatic heterocycles. The lowest BCUT2D eigenvalue weighted by molar-refractivity contribution is -0.149. The first kappa shape index (κ1) is 17.0. The van der Waals surface area contributed by atoms with E-state index in [2.05, 4.69) is 5.32 Å². The highest BCUT2D eigenvalue weighted by atomic mass is 35.5. The van der Waals surface area contributed by atoms with E-state index in [-0.39, 0.29) is 25.2 Å². The summed E-state index contributed by atoms with van der Waals surface area (Å²) in [5, 5.41) is 11.7. The summed E-state index contributed by atoms with van der Waals surface area (Å²) in [5.74, 6) is -1.05. The van der Waals surface area contributed by atoms with Crippen molar-refractivity contribution in [1.82, 2.24) is 5.32 Å². The van der Waals surface area contributed by atoms with Crippen LogP contribution in [0.3, 0.4) is 0 Å². The molecule has 1 rings (SSSR count). The molecule has 0 aromatic carbocycles. The van der Waals surface area contributed by atoms with Crippen molar-refractivity contribution < 1.29 is 24.2 Å². The van der Waals surface area contributed by atoms with Gasteiger partial charge in [-0.15, -0.1) is 12.4 Å². The molecule has 2 N–H and O–H groups in total. The maximum absolute atomic E-state index is 11.6. The van der Waals surface area contributed by atoms with Gasteiger partial charge in [-0.1, -0.05) is 0 Å². The Morgan fingerprint density at radius 3 is 2.17 bits per heavy atom. The molecule has 1 amide bonds. The van der Waals surface area contributed by atoms with Crippen molar-refractivity contribution in [2.24, 2.45) is 0 Å². The zero-order valence-electron chi connectivity index (χ0n) is 10.8. The number of nitrogens with one attached hydrogen (secondary N) is 1. The minimum Gasteiger partial charge on any atom is -0.480 e. The number of halogens is 1. The van der Waals surface area contributed by atoms with Crippen molar-refractivity contribution in [3.05, 3.63) is 0 Å². The standard InChI is InChI=1S/C11H19NO5.ClH/c1-10(2,3)17-9(15)12-11(8(13)14)4-6-16-7-5-11;/h4-7H2,1-3H3,(H,12,15)(H,13,14);1H. The van der Waals surface area contributed by atoms with Crippen LogP contribution in [-0.2, 0) is 14.3 Å². The maximum atomic E-state index is 11.6. The van der Waals surface area contributed by atoms with Crippen molar-refractivity contribution >= 4 is 24.5 Å². The fourth-order valence-corrected chi connectivity index (χ4v) is 1.61. The van der Waals surface area contributed by atoms with Gasteiger partial charge in [0.1, 0.15) is 11.1 Å². The first-order chi connectivity index (χ1) is 7.75. The molecular weight excluding hydrogens is 262 g/mol. The topological polar surface area (TPSA) is 84.9 Å². The number of ether oxygens (including phenoxy) is 2. The summed E-state index contributed by atoms with van der Waals surface area (Å²) in [6.45, 7) is 5.82. The van der Waals surface area contributed by atoms with Crippen LogP contribution >= 0.6 is 12.4 Å². The molecule has 0 saturated carbocycles. The van der Waals surface area contributed by atoms with Crippen molar-refractivity contribution in [3.63, 3.8) is 0 Å². The molecule has 18 heavy (non-hydrogen) atoms. The number of carbonyl (C=O) groups is 2. The van der Waals surface area contributed by atoms with Crippen molar-refractivity contribution in [2.45, 2.75) is 44.8 Å². The summed E-state index contributed by atoms with van der Waals surface area (Å²) in [6, 6.07) is 0. The Balaban J connectivity index is 0.00000289. The third-order valence-electron chi connectivity index (χ3n) is 2.50. The molecule has 1 aliphatic rings. The lowest BCUT2D eigenvalue weighted by Gasteiger charge is -2.34. The van der Waals surface area contributed by atoms with Gasteiger partial charge in [0.15, 0.2) is 0 Å². The molecule has 1 fully saturated rings. The number of hydrogen-bond acceptors (Lipinski definition) is 4. The normalized spacial score (nSPS) is 18.4. The van der Waals surface area contributed by atoms with Crippen LogP contribution in [-0.4, -0.2) is 41.5 Å². The van der Waals surface area contributed by atoms with Gasteiger partial charge in [0.25, 0.3) is 0 Å². The second-order valence-corrected chi connectivity index (χ2v) is 5.13. The second kappa shape index (κ2) is 6.24. The van der Waals surface area contributed by atoms with E-state index in [9.17, 15) is 14.7 Å². The van der Waals surface area contributed by atoms with Crippen LogP contribution in [0.5, 0.6) is 0 Å². The fraction of sp³-hybridized carbons (Fsp3) is 0.818. The lowest BCUT2D eigenvalue weighted by atomic mass is 9.90. The van der Waals surface area contributed by atoms with Crippen LogP contribution in [0.25, 0.3) is 0 Å². The predicted octanol–water partition coefficient (Wildman–Crippen LogP) is 1.57. The van der Waals surface area contributed by atoms with E-state index >= 15 is 0 Å². The molecule has 0 bridgehead atoms. The summed E-state index contributed by atoms with van der Waals surface area (Å²) in [5.41, 5.74) is -1.91. The summed E-state index contributed by atoms with van der Waals surface area (Å²) >= 11 is 0. The summed E-state index contributed by atoms with van der Waals surface area (Å²) in [6.07, 6.45) is -0.204. The fourth-order valence-electron chi connectivity index (χ4n) is 1.61. The molecule has 1 aliphatic heterocycles. The Morgan fingerprint density at radius 1 is 1.28 bits per heavy atom. The molecule has 7 heteroatoms. The third-order valence-corrected chi connectivity index (χ3v) is 2.50. The molecule has 0 atom stereocenters. The van der Waals surface area contributed by atoms with Crippen LogP contribution in [0, 0.1) is 0 Å². The average Bonchev–Trinajstić information content (AvgIpc) is 2.15. The summed E-state index contributed by atoms with van der Waals surface area (Å²) < 4.78 is 10.2. The Hall–Kier alpha value is -1.01. The third kappa shape index (κ3) is 4.70. The van der Waals surface area contributed by atoms with Crippen molar-refractivity contribution in [2.75, 3.05) is 13.2 Å². The Bertz CT molecular complexity index is 307. The van der Waals surface area contributed by atoms with Crippen LogP contribution in [0.15, 0.2) is 0 Å². The van der Waals surface area contributed by atoms with Crippen LogP contribution in [0.2, 0.25) is 0 Å². The number of hydrogen-bond donors (Lipinski definition) is 2. The van der Waals surface area contributed by atoms with E-state index in [1.807, 2.05) is 0 Å². The van der Waals surface area contributed by atoms with Crippen LogP contribution in [0.1, 0.15) is 33.6 Å². The van der Waals surface area contributed by atoms with Crippen LogP contribution < -0.4 is 5.32 Å². The van der Waals surface area contributed by atoms with Gasteiger partial charge < -0.3 is 19.9 Å². The predicted molar refractivity (Wildman–Crippen MR) is 67.0 cm³/mol. The van der Waals surface area contributed by atoms with Gasteiger partial charge in [0.2, 0.25) is 0 Å². The molecule has 0 aliphatic carbocycles. The summed E-state index contributed by atoms with van der Waals surface area (Å²) in [4.78, 5) is 22.9. The van der Waals surface area contributed by atoms with Gasteiger partial charge in [0.05, 0.1) is 0 Å². The van der Waals surface area contributed by atoms with Gasteiger partial charge in [0, 0.05) is 26.1 Å². The van der Waals surface area contributed by atoms with Crippen molar-refractivity contribution in [3.8, 4) is 0 Å². The van der Waals surface area contributed by atoms with E-state index in [1.165, 1.54) is 0 Å². The SMILES string of the molecule is CC(C)(C)OC(=O)NC1(C(=O)O)CCOCC1.Cl. The molecule has 6 nitrogen and oxygen atoms in total. The van der Waals surface area contributed by atoms with Gasteiger partial charge in [-0.2, -0.15) is 0 Å². The molecule has 1 saturated heterocycles. The zero-order chi connectivity index (χ0) is 13.1. The highest BCUT2D eigenvalue weighted by Crippen LogP contribution is 2.21. The maximum Gasteiger partial charge on any atom is 0.408 e. The van der Waals surface area contributed by atoms with E-state index in [4.69, 9.17) is 9.47 Å². The van der Waals surface area contributed by atoms with Crippen molar-refractivity contribution in [1.29, 1.82) is 0 Å². The van der Waals surface area contributed by atoms with E-state index in [1.54, 1.807) is 20.8 Å². The Morgan fingerprint density at radius 2 is 1.78 bits per heavy atom. The highest BCUT2D eigenvalue weighted by molar-refractivity contribution is 5.85. The number of amides is 1. The quantitative estimate of drug-likeness (QED) is 0.802. The first-order valence-corrected chi connectivity index (χ1v) is 5.57. The van der Waals surface area contributed by atoms with Gasteiger partial charge in [-0.3, -0.25) is 0 Å². The van der Waals surface area contributed by atoms with E-state index < -0.39 is 23.2 Å². The Labute approximate surface area is 112 Å². The van der Waals surface area contributed by atoms with Crippen LogP contribution in [0.4, 0.5) is 4.79 Å². The molecule has 0 radical (unpaired) electrons. The highest BCUT2D eigenvalue weighted by Gasteiger charge is 2.42.